The Bertz CT molecular complexity index is 630. The third-order valence-corrected chi connectivity index (χ3v) is 2.90. The zero-order valence-corrected chi connectivity index (χ0v) is 12.3. The largest absolute Gasteiger partial charge is 0.382 e. The van der Waals surface area contributed by atoms with Gasteiger partial charge >= 0.3 is 7.60 Å². The van der Waals surface area contributed by atoms with Crippen LogP contribution in [-0.2, 0) is 15.8 Å². The Morgan fingerprint density at radius 3 is 2.80 bits per heavy atom. The topological polar surface area (TPSA) is 136 Å². The summed E-state index contributed by atoms with van der Waals surface area (Å²) in [6.07, 6.45) is 1.85. The summed E-state index contributed by atoms with van der Waals surface area (Å²) in [4.78, 5) is 29.4. The quantitative estimate of drug-likeness (QED) is 0.671. The molecule has 0 spiro atoms. The van der Waals surface area contributed by atoms with Crippen LogP contribution in [0.3, 0.4) is 0 Å². The van der Waals surface area contributed by atoms with Gasteiger partial charge in [-0.25, -0.2) is 15.0 Å². The number of imidazole rings is 1. The van der Waals surface area contributed by atoms with Gasteiger partial charge in [0.1, 0.15) is 18.2 Å². The number of anilines is 1. The molecule has 0 bridgehead atoms. The Balaban J connectivity index is 0.00000200. The summed E-state index contributed by atoms with van der Waals surface area (Å²) in [6.45, 7) is 2.05. The summed E-state index contributed by atoms with van der Waals surface area (Å²) in [5, 5.41) is 0. The van der Waals surface area contributed by atoms with Crippen LogP contribution in [0.2, 0.25) is 0 Å². The van der Waals surface area contributed by atoms with Gasteiger partial charge in [-0.15, -0.1) is 12.4 Å². The number of aromatic nitrogens is 4. The van der Waals surface area contributed by atoms with Crippen LogP contribution < -0.4 is 5.73 Å². The zero-order chi connectivity index (χ0) is 14.0. The molecule has 1 unspecified atom stereocenters. The van der Waals surface area contributed by atoms with E-state index < -0.39 is 20.0 Å². The fourth-order valence-electron chi connectivity index (χ4n) is 1.59. The van der Waals surface area contributed by atoms with E-state index in [0.717, 1.165) is 0 Å². The van der Waals surface area contributed by atoms with E-state index >= 15 is 0 Å². The highest BCUT2D eigenvalue weighted by atomic mass is 35.5. The maximum Gasteiger partial charge on any atom is 0.350 e. The maximum atomic E-state index is 10.7. The molecular formula is C9H15ClN5O4P. The van der Waals surface area contributed by atoms with Crippen molar-refractivity contribution in [2.45, 2.75) is 19.6 Å². The lowest BCUT2D eigenvalue weighted by molar-refractivity contribution is 0.0764. The predicted molar refractivity (Wildman–Crippen MR) is 74.4 cm³/mol. The molecule has 0 saturated carbocycles. The number of fused-ring (bicyclic) bond motifs is 1. The van der Waals surface area contributed by atoms with Gasteiger partial charge in [0, 0.05) is 0 Å². The molecule has 2 aromatic rings. The van der Waals surface area contributed by atoms with Gasteiger partial charge in [0.05, 0.1) is 19.0 Å². The average Bonchev–Trinajstić information content (AvgIpc) is 2.71. The third-order valence-electron chi connectivity index (χ3n) is 2.41. The molecule has 1 atom stereocenters. The second-order valence-corrected chi connectivity index (χ2v) is 5.69. The molecule has 0 aliphatic heterocycles. The van der Waals surface area contributed by atoms with Crippen molar-refractivity contribution in [1.82, 2.24) is 19.5 Å². The lowest BCUT2D eigenvalue weighted by Gasteiger charge is -2.14. The molecule has 0 saturated heterocycles. The van der Waals surface area contributed by atoms with Crippen molar-refractivity contribution in [2.75, 3.05) is 12.1 Å². The van der Waals surface area contributed by atoms with Gasteiger partial charge in [-0.2, -0.15) is 0 Å². The van der Waals surface area contributed by atoms with Crippen molar-refractivity contribution in [3.63, 3.8) is 0 Å². The third kappa shape index (κ3) is 4.12. The molecule has 2 rings (SSSR count). The van der Waals surface area contributed by atoms with Gasteiger partial charge in [-0.3, -0.25) is 4.57 Å². The van der Waals surface area contributed by atoms with Crippen LogP contribution in [0.1, 0.15) is 6.92 Å². The van der Waals surface area contributed by atoms with Crippen molar-refractivity contribution in [3.05, 3.63) is 12.7 Å². The summed E-state index contributed by atoms with van der Waals surface area (Å²) < 4.78 is 17.5. The first-order valence-electron chi connectivity index (χ1n) is 5.44. The van der Waals surface area contributed by atoms with Crippen molar-refractivity contribution in [1.29, 1.82) is 0 Å². The van der Waals surface area contributed by atoms with Crippen molar-refractivity contribution in [2.24, 2.45) is 0 Å². The van der Waals surface area contributed by atoms with Crippen molar-refractivity contribution < 1.29 is 19.1 Å². The number of rotatable bonds is 5. The fourth-order valence-corrected chi connectivity index (χ4v) is 2.04. The molecule has 4 N–H and O–H groups in total. The monoisotopic (exact) mass is 323 g/mol. The molecule has 2 aromatic heterocycles. The molecule has 0 radical (unpaired) electrons. The number of hydrogen-bond acceptors (Lipinski definition) is 6. The van der Waals surface area contributed by atoms with Gasteiger partial charge < -0.3 is 24.8 Å². The fraction of sp³-hybridized carbons (Fsp3) is 0.444. The smallest absolute Gasteiger partial charge is 0.350 e. The van der Waals surface area contributed by atoms with Crippen LogP contribution in [-0.4, -0.2) is 41.8 Å². The van der Waals surface area contributed by atoms with Gasteiger partial charge in [-0.1, -0.05) is 0 Å². The Morgan fingerprint density at radius 2 is 2.15 bits per heavy atom. The molecule has 0 aliphatic carbocycles. The van der Waals surface area contributed by atoms with Crippen molar-refractivity contribution in [3.8, 4) is 0 Å². The highest BCUT2D eigenvalue weighted by Crippen LogP contribution is 2.34. The van der Waals surface area contributed by atoms with E-state index in [1.54, 1.807) is 11.5 Å². The van der Waals surface area contributed by atoms with Crippen LogP contribution in [0.25, 0.3) is 11.2 Å². The van der Waals surface area contributed by atoms with Crippen LogP contribution in [0, 0.1) is 0 Å². The number of nitrogens with two attached hydrogens (primary N) is 1. The van der Waals surface area contributed by atoms with E-state index in [2.05, 4.69) is 15.0 Å². The van der Waals surface area contributed by atoms with E-state index in [4.69, 9.17) is 20.3 Å². The van der Waals surface area contributed by atoms with Crippen LogP contribution in [0.5, 0.6) is 0 Å². The molecule has 0 aliphatic rings. The van der Waals surface area contributed by atoms with E-state index in [1.807, 2.05) is 0 Å². The number of nitrogens with zero attached hydrogens (tertiary/aromatic N) is 4. The van der Waals surface area contributed by atoms with Gasteiger partial charge in [0.25, 0.3) is 0 Å². The molecule has 20 heavy (non-hydrogen) atoms. The van der Waals surface area contributed by atoms with Crippen LogP contribution in [0.15, 0.2) is 12.7 Å². The first kappa shape index (κ1) is 16.8. The van der Waals surface area contributed by atoms with Gasteiger partial charge in [0.2, 0.25) is 0 Å². The maximum absolute atomic E-state index is 10.7. The minimum absolute atomic E-state index is 0. The van der Waals surface area contributed by atoms with E-state index in [1.165, 1.54) is 12.7 Å². The van der Waals surface area contributed by atoms with Gasteiger partial charge in [-0.05, 0) is 6.92 Å². The molecule has 0 aromatic carbocycles. The zero-order valence-electron chi connectivity index (χ0n) is 10.6. The summed E-state index contributed by atoms with van der Waals surface area (Å²) in [7, 11) is -4.16. The number of nitrogen functional groups attached to an aromatic ring is 1. The SMILES string of the molecule is CC(Cn1cnc2c(N)ncnc21)OCP(=O)(O)O.Cl. The summed E-state index contributed by atoms with van der Waals surface area (Å²) in [5.41, 5.74) is 6.70. The highest BCUT2D eigenvalue weighted by Gasteiger charge is 2.16. The Morgan fingerprint density at radius 1 is 1.45 bits per heavy atom. The molecule has 0 fully saturated rings. The summed E-state index contributed by atoms with van der Waals surface area (Å²) >= 11 is 0. The molecular weight excluding hydrogens is 309 g/mol. The van der Waals surface area contributed by atoms with Crippen LogP contribution in [0.4, 0.5) is 5.82 Å². The van der Waals surface area contributed by atoms with Crippen LogP contribution >= 0.6 is 20.0 Å². The average molecular weight is 324 g/mol. The second kappa shape index (κ2) is 6.47. The Labute approximate surface area is 120 Å². The summed E-state index contributed by atoms with van der Waals surface area (Å²) in [5.74, 6) is 0.285. The normalized spacial score (nSPS) is 13.2. The standard InChI is InChI=1S/C9H14N5O4P.ClH/c1-6(18-5-19(15,16)17)2-14-4-13-7-8(10)11-3-12-9(7)14;/h3-4,6H,2,5H2,1H3,(H2,10,11,12)(H2,15,16,17);1H. The number of halogens is 1. The molecule has 9 nitrogen and oxygen atoms in total. The predicted octanol–water partition coefficient (Wildman–Crippen LogP) is 0.371. The Kier molecular flexibility index (Phi) is 5.43. The van der Waals surface area contributed by atoms with E-state index in [0.29, 0.717) is 17.7 Å². The molecule has 112 valence electrons. The number of hydrogen-bond donors (Lipinski definition) is 3. The first-order chi connectivity index (χ1) is 8.87. The number of ether oxygens (including phenoxy) is 1. The summed E-state index contributed by atoms with van der Waals surface area (Å²) in [6, 6.07) is 0. The first-order valence-corrected chi connectivity index (χ1v) is 7.24. The van der Waals surface area contributed by atoms with E-state index in [9.17, 15) is 4.57 Å². The lowest BCUT2D eigenvalue weighted by atomic mass is 10.4. The molecule has 11 heteroatoms. The Hall–Kier alpha value is -1.25. The highest BCUT2D eigenvalue weighted by molar-refractivity contribution is 7.51. The van der Waals surface area contributed by atoms with Gasteiger partial charge in [0.15, 0.2) is 11.5 Å². The minimum atomic E-state index is -4.16. The van der Waals surface area contributed by atoms with Crippen molar-refractivity contribution >= 4 is 37.0 Å². The van der Waals surface area contributed by atoms with E-state index in [-0.39, 0.29) is 18.2 Å². The molecule has 0 amide bonds. The molecule has 2 heterocycles. The second-order valence-electron chi connectivity index (χ2n) is 4.10. The minimum Gasteiger partial charge on any atom is -0.382 e. The lowest BCUT2D eigenvalue weighted by Crippen LogP contribution is -2.17.